The van der Waals surface area contributed by atoms with Crippen LogP contribution in [0.5, 0.6) is 11.5 Å². The number of hydrogen-bond donors (Lipinski definition) is 0. The van der Waals surface area contributed by atoms with Gasteiger partial charge in [0.2, 0.25) is 6.79 Å². The third-order valence-electron chi connectivity index (χ3n) is 3.84. The van der Waals surface area contributed by atoms with Crippen LogP contribution in [0.15, 0.2) is 47.4 Å². The molecule has 0 saturated carbocycles. The molecule has 120 valence electrons. The Morgan fingerprint density at radius 2 is 2.00 bits per heavy atom. The van der Waals surface area contributed by atoms with E-state index in [1.807, 2.05) is 0 Å². The van der Waals surface area contributed by atoms with Crippen molar-refractivity contribution in [2.45, 2.75) is 0 Å². The summed E-state index contributed by atoms with van der Waals surface area (Å²) in [6, 6.07) is 9.98. The fourth-order valence-corrected chi connectivity index (χ4v) is 2.70. The van der Waals surface area contributed by atoms with Gasteiger partial charge in [0.15, 0.2) is 11.5 Å². The number of hydrogen-bond acceptors (Lipinski definition) is 6. The van der Waals surface area contributed by atoms with E-state index in [0.717, 1.165) is 0 Å². The summed E-state index contributed by atoms with van der Waals surface area (Å²) in [5, 5.41) is 5.19. The predicted molar refractivity (Wildman–Crippen MR) is 84.8 cm³/mol. The molecule has 2 aromatic carbocycles. The maximum atomic E-state index is 12.8. The maximum Gasteiger partial charge on any atom is 0.340 e. The highest BCUT2D eigenvalue weighted by molar-refractivity contribution is 5.94. The molecule has 0 amide bonds. The highest BCUT2D eigenvalue weighted by Gasteiger charge is 2.20. The zero-order valence-corrected chi connectivity index (χ0v) is 12.7. The van der Waals surface area contributed by atoms with Crippen LogP contribution in [0.2, 0.25) is 0 Å². The minimum atomic E-state index is -0.537. The fourth-order valence-electron chi connectivity index (χ4n) is 2.70. The Kier molecular flexibility index (Phi) is 3.19. The Balaban J connectivity index is 1.97. The topological polar surface area (TPSA) is 79.7 Å². The molecule has 0 N–H and O–H groups in total. The molecule has 0 fully saturated rings. The molecule has 0 spiro atoms. The van der Waals surface area contributed by atoms with Crippen molar-refractivity contribution < 1.29 is 19.0 Å². The van der Waals surface area contributed by atoms with E-state index in [-0.39, 0.29) is 17.9 Å². The van der Waals surface area contributed by atoms with Crippen LogP contribution in [0.1, 0.15) is 10.4 Å². The van der Waals surface area contributed by atoms with Crippen molar-refractivity contribution in [2.24, 2.45) is 0 Å². The van der Waals surface area contributed by atoms with Crippen molar-refractivity contribution in [1.82, 2.24) is 9.78 Å². The number of methoxy groups -OCH3 is 1. The van der Waals surface area contributed by atoms with Crippen LogP contribution in [0.4, 0.5) is 0 Å². The lowest BCUT2D eigenvalue weighted by molar-refractivity contribution is 0.0600. The number of rotatable bonds is 2. The Bertz CT molecular complexity index is 1030. The number of ether oxygens (including phenoxy) is 3. The number of benzene rings is 2. The minimum Gasteiger partial charge on any atom is -0.465 e. The lowest BCUT2D eigenvalue weighted by atomic mass is 10.1. The van der Waals surface area contributed by atoms with Gasteiger partial charge < -0.3 is 14.2 Å². The number of carbonyl (C=O) groups is 1. The van der Waals surface area contributed by atoms with Crippen LogP contribution >= 0.6 is 0 Å². The molecule has 2 heterocycles. The zero-order valence-electron chi connectivity index (χ0n) is 12.7. The quantitative estimate of drug-likeness (QED) is 0.670. The molecule has 0 saturated heterocycles. The van der Waals surface area contributed by atoms with Crippen molar-refractivity contribution in [1.29, 1.82) is 0 Å². The average molecular weight is 324 g/mol. The monoisotopic (exact) mass is 324 g/mol. The summed E-state index contributed by atoms with van der Waals surface area (Å²) in [7, 11) is 1.29. The summed E-state index contributed by atoms with van der Waals surface area (Å²) < 4.78 is 16.7. The molecule has 0 radical (unpaired) electrons. The van der Waals surface area contributed by atoms with Gasteiger partial charge in [-0.3, -0.25) is 4.79 Å². The number of aromatic nitrogens is 2. The Morgan fingerprint density at radius 1 is 1.17 bits per heavy atom. The molecule has 0 unspecified atom stereocenters. The summed E-state index contributed by atoms with van der Waals surface area (Å²) in [4.78, 5) is 24.8. The predicted octanol–water partition coefficient (Wildman–Crippen LogP) is 1.90. The van der Waals surface area contributed by atoms with Crippen molar-refractivity contribution in [3.63, 3.8) is 0 Å². The van der Waals surface area contributed by atoms with E-state index < -0.39 is 5.97 Å². The molecule has 0 atom stereocenters. The van der Waals surface area contributed by atoms with Gasteiger partial charge in [0.1, 0.15) is 0 Å². The van der Waals surface area contributed by atoms with Gasteiger partial charge in [0, 0.05) is 0 Å². The van der Waals surface area contributed by atoms with Crippen molar-refractivity contribution in [3.8, 4) is 17.2 Å². The molecule has 0 bridgehead atoms. The molecule has 1 aliphatic rings. The van der Waals surface area contributed by atoms with E-state index in [1.165, 1.54) is 18.0 Å². The number of para-hydroxylation sites is 1. The normalized spacial score (nSPS) is 12.4. The van der Waals surface area contributed by atoms with Gasteiger partial charge >= 0.3 is 5.97 Å². The number of fused-ring (bicyclic) bond motifs is 3. The lowest BCUT2D eigenvalue weighted by Crippen LogP contribution is -2.23. The first-order valence-electron chi connectivity index (χ1n) is 7.19. The van der Waals surface area contributed by atoms with Crippen molar-refractivity contribution in [3.05, 3.63) is 58.5 Å². The molecule has 1 aromatic heterocycles. The highest BCUT2D eigenvalue weighted by atomic mass is 16.7. The van der Waals surface area contributed by atoms with Gasteiger partial charge in [-0.05, 0) is 24.3 Å². The van der Waals surface area contributed by atoms with Crippen LogP contribution < -0.4 is 15.0 Å². The van der Waals surface area contributed by atoms with Gasteiger partial charge in [-0.15, -0.1) is 0 Å². The Hall–Kier alpha value is -3.35. The molecule has 1 aliphatic heterocycles. The zero-order chi connectivity index (χ0) is 16.7. The highest BCUT2D eigenvalue weighted by Crippen LogP contribution is 2.37. The summed E-state index contributed by atoms with van der Waals surface area (Å²) in [6.45, 7) is 0.114. The van der Waals surface area contributed by atoms with Gasteiger partial charge in [-0.1, -0.05) is 12.1 Å². The number of carbonyl (C=O) groups excluding carboxylic acids is 1. The van der Waals surface area contributed by atoms with E-state index >= 15 is 0 Å². The second kappa shape index (κ2) is 5.38. The Morgan fingerprint density at radius 3 is 2.83 bits per heavy atom. The van der Waals surface area contributed by atoms with Crippen LogP contribution in [0, 0.1) is 0 Å². The van der Waals surface area contributed by atoms with E-state index in [2.05, 4.69) is 5.10 Å². The molecular weight excluding hydrogens is 312 g/mol. The molecule has 4 rings (SSSR count). The largest absolute Gasteiger partial charge is 0.465 e. The molecule has 3 aromatic rings. The van der Waals surface area contributed by atoms with E-state index in [0.29, 0.717) is 28.0 Å². The first-order valence-corrected chi connectivity index (χ1v) is 7.19. The second-order valence-corrected chi connectivity index (χ2v) is 5.13. The standard InChI is InChI=1S/C17H12N2O5/c1-22-17(21)11-4-2-3-5-13(11)19-16(20)10-6-7-14-15(24-9-23-14)12(10)8-18-19/h2-8H,9H2,1H3. The fraction of sp³-hybridized carbons (Fsp3) is 0.118. The van der Waals surface area contributed by atoms with Gasteiger partial charge in [0.25, 0.3) is 5.56 Å². The van der Waals surface area contributed by atoms with Crippen LogP contribution in [-0.2, 0) is 4.74 Å². The van der Waals surface area contributed by atoms with Crippen molar-refractivity contribution in [2.75, 3.05) is 13.9 Å². The molecule has 7 nitrogen and oxygen atoms in total. The lowest BCUT2D eigenvalue weighted by Gasteiger charge is -2.10. The van der Waals surface area contributed by atoms with Crippen LogP contribution in [0.25, 0.3) is 16.5 Å². The average Bonchev–Trinajstić information content (AvgIpc) is 3.10. The SMILES string of the molecule is COC(=O)c1ccccc1-n1ncc2c3c(ccc2c1=O)OCO3. The summed E-state index contributed by atoms with van der Waals surface area (Å²) in [5.41, 5.74) is 0.255. The van der Waals surface area contributed by atoms with E-state index in [1.54, 1.807) is 36.4 Å². The first-order chi connectivity index (χ1) is 11.7. The van der Waals surface area contributed by atoms with Crippen molar-refractivity contribution >= 4 is 16.7 Å². The first kappa shape index (κ1) is 14.3. The smallest absolute Gasteiger partial charge is 0.340 e. The third kappa shape index (κ3) is 2.02. The van der Waals surface area contributed by atoms with Gasteiger partial charge in [-0.25, -0.2) is 4.79 Å². The third-order valence-corrected chi connectivity index (χ3v) is 3.84. The van der Waals surface area contributed by atoms with Crippen LogP contribution in [0.3, 0.4) is 0 Å². The molecule has 7 heteroatoms. The van der Waals surface area contributed by atoms with Gasteiger partial charge in [0.05, 0.1) is 35.3 Å². The second-order valence-electron chi connectivity index (χ2n) is 5.13. The maximum absolute atomic E-state index is 12.8. The minimum absolute atomic E-state index is 0.114. The molecule has 0 aliphatic carbocycles. The van der Waals surface area contributed by atoms with E-state index in [9.17, 15) is 9.59 Å². The van der Waals surface area contributed by atoms with Crippen LogP contribution in [-0.4, -0.2) is 29.7 Å². The molecule has 24 heavy (non-hydrogen) atoms. The summed E-state index contributed by atoms with van der Waals surface area (Å²) in [5.74, 6) is 0.548. The molecular formula is C17H12N2O5. The summed E-state index contributed by atoms with van der Waals surface area (Å²) >= 11 is 0. The van der Waals surface area contributed by atoms with E-state index in [4.69, 9.17) is 14.2 Å². The van der Waals surface area contributed by atoms with Gasteiger partial charge in [-0.2, -0.15) is 9.78 Å². The number of nitrogens with zero attached hydrogens (tertiary/aromatic N) is 2. The summed E-state index contributed by atoms with van der Waals surface area (Å²) in [6.07, 6.45) is 1.53. The number of esters is 1. The Labute approximate surface area is 136 Å².